The summed E-state index contributed by atoms with van der Waals surface area (Å²) in [5.74, 6) is -0.159. The highest BCUT2D eigenvalue weighted by Gasteiger charge is 2.17. The smallest absolute Gasteiger partial charge is 0.248 e. The van der Waals surface area contributed by atoms with Crippen LogP contribution < -0.4 is 16.8 Å². The Morgan fingerprint density at radius 1 is 1.16 bits per heavy atom. The maximum absolute atomic E-state index is 11.5. The van der Waals surface area contributed by atoms with Crippen LogP contribution in [-0.4, -0.2) is 32.2 Å². The Morgan fingerprint density at radius 2 is 1.90 bits per heavy atom. The second kappa shape index (κ2) is 10.3. The molecule has 0 unspecified atom stereocenters. The van der Waals surface area contributed by atoms with Gasteiger partial charge in [0.15, 0.2) is 5.65 Å². The van der Waals surface area contributed by atoms with Gasteiger partial charge in [-0.2, -0.15) is 17.7 Å². The minimum Gasteiger partial charge on any atom is -0.383 e. The van der Waals surface area contributed by atoms with E-state index in [9.17, 15) is 4.79 Å². The van der Waals surface area contributed by atoms with Crippen LogP contribution in [-0.2, 0) is 6.54 Å². The third-order valence-corrected chi connectivity index (χ3v) is 4.41. The molecule has 158 valence electrons. The van der Waals surface area contributed by atoms with E-state index < -0.39 is 5.91 Å². The fourth-order valence-electron chi connectivity index (χ4n) is 3.07. The molecule has 0 aliphatic carbocycles. The van der Waals surface area contributed by atoms with Crippen molar-refractivity contribution in [1.29, 1.82) is 0 Å². The Labute approximate surface area is 185 Å². The number of nitrogens with two attached hydrogens (primary N) is 2. The first-order valence-electron chi connectivity index (χ1n) is 9.46. The van der Waals surface area contributed by atoms with Crippen LogP contribution in [0.1, 0.15) is 10.4 Å². The van der Waals surface area contributed by atoms with E-state index in [1.807, 2.05) is 36.4 Å². The zero-order chi connectivity index (χ0) is 22.2. The lowest BCUT2D eigenvalue weighted by Crippen LogP contribution is -2.12. The largest absolute Gasteiger partial charge is 0.383 e. The second-order valence-corrected chi connectivity index (χ2v) is 6.81. The fourth-order valence-corrected chi connectivity index (χ4v) is 3.07. The van der Waals surface area contributed by atoms with Crippen molar-refractivity contribution in [2.24, 2.45) is 5.73 Å². The Hall–Kier alpha value is -3.85. The molecule has 0 atom stereocenters. The van der Waals surface area contributed by atoms with E-state index in [0.717, 1.165) is 11.3 Å². The molecule has 0 aliphatic heterocycles. The summed E-state index contributed by atoms with van der Waals surface area (Å²) < 4.78 is 1.79. The van der Waals surface area contributed by atoms with Gasteiger partial charge in [-0.25, -0.2) is 14.6 Å². The molecule has 2 aromatic heterocycles. The summed E-state index contributed by atoms with van der Waals surface area (Å²) in [6, 6.07) is 16.9. The van der Waals surface area contributed by atoms with Crippen molar-refractivity contribution >= 4 is 41.1 Å². The summed E-state index contributed by atoms with van der Waals surface area (Å²) in [6.45, 7) is 4.46. The monoisotopic (exact) mass is 433 g/mol. The van der Waals surface area contributed by atoms with E-state index in [1.165, 1.54) is 11.7 Å². The van der Waals surface area contributed by atoms with Crippen molar-refractivity contribution in [2.45, 2.75) is 6.54 Å². The number of aromatic nitrogens is 4. The van der Waals surface area contributed by atoms with Crippen molar-refractivity contribution in [1.82, 2.24) is 19.7 Å². The number of fused-ring (bicyclic) bond motifs is 1. The van der Waals surface area contributed by atoms with E-state index in [2.05, 4.69) is 34.5 Å². The van der Waals surface area contributed by atoms with Gasteiger partial charge >= 0.3 is 0 Å². The maximum atomic E-state index is 11.5. The first-order chi connectivity index (χ1) is 15.0. The number of para-hydroxylation sites is 1. The SMILES string of the molecule is C=CS.NC(=O)c1cccc(-c2nn(CCNc3ccccc3)c3ncnc(N)c23)c1. The van der Waals surface area contributed by atoms with Crippen molar-refractivity contribution in [2.75, 3.05) is 17.6 Å². The molecule has 1 amide bonds. The van der Waals surface area contributed by atoms with Gasteiger partial charge in [-0.05, 0) is 29.7 Å². The van der Waals surface area contributed by atoms with Crippen molar-refractivity contribution in [3.63, 3.8) is 0 Å². The molecule has 0 aliphatic rings. The molecule has 0 saturated carbocycles. The standard InChI is InChI=1S/C20H19N7O.C2H4S/c21-18-16-17(13-5-4-6-14(11-13)19(22)28)26-27(20(16)25-12-24-18)10-9-23-15-7-2-1-3-8-15;1-2-3/h1-8,11-12,23H,9-10H2,(H2,22,28)(H2,21,24,25);2-3H,1H2. The number of amides is 1. The van der Waals surface area contributed by atoms with Crippen LogP contribution in [0.25, 0.3) is 22.3 Å². The van der Waals surface area contributed by atoms with Gasteiger partial charge in [-0.15, -0.1) is 0 Å². The van der Waals surface area contributed by atoms with Crippen LogP contribution >= 0.6 is 12.6 Å². The van der Waals surface area contributed by atoms with E-state index in [1.54, 1.807) is 22.9 Å². The number of carbonyl (C=O) groups excluding carboxylic acids is 1. The molecule has 2 aromatic carbocycles. The van der Waals surface area contributed by atoms with E-state index in [4.69, 9.17) is 16.6 Å². The van der Waals surface area contributed by atoms with E-state index in [0.29, 0.717) is 41.2 Å². The van der Waals surface area contributed by atoms with Gasteiger partial charge in [-0.1, -0.05) is 36.9 Å². The lowest BCUT2D eigenvalue weighted by atomic mass is 10.1. The Balaban J connectivity index is 0.000000858. The molecule has 0 radical (unpaired) electrons. The fraction of sp³-hybridized carbons (Fsp3) is 0.0909. The summed E-state index contributed by atoms with van der Waals surface area (Å²) >= 11 is 3.55. The predicted molar refractivity (Wildman–Crippen MR) is 128 cm³/mol. The lowest BCUT2D eigenvalue weighted by molar-refractivity contribution is 0.100. The van der Waals surface area contributed by atoms with Crippen molar-refractivity contribution in [3.05, 3.63) is 78.5 Å². The number of rotatable bonds is 6. The van der Waals surface area contributed by atoms with Gasteiger partial charge < -0.3 is 16.8 Å². The summed E-state index contributed by atoms with van der Waals surface area (Å²) in [4.78, 5) is 20.0. The number of benzene rings is 2. The topological polar surface area (TPSA) is 125 Å². The third-order valence-electron chi connectivity index (χ3n) is 4.41. The van der Waals surface area contributed by atoms with Crippen LogP contribution in [0.3, 0.4) is 0 Å². The van der Waals surface area contributed by atoms with Crippen LogP contribution in [0.4, 0.5) is 11.5 Å². The summed E-state index contributed by atoms with van der Waals surface area (Å²) in [5.41, 5.74) is 15.0. The highest BCUT2D eigenvalue weighted by molar-refractivity contribution is 7.83. The molecular weight excluding hydrogens is 410 g/mol. The molecular formula is C22H23N7OS. The van der Waals surface area contributed by atoms with Gasteiger partial charge in [0, 0.05) is 23.4 Å². The predicted octanol–water partition coefficient (Wildman–Crippen LogP) is 3.35. The van der Waals surface area contributed by atoms with Crippen LogP contribution in [0.15, 0.2) is 72.9 Å². The molecule has 0 bridgehead atoms. The molecule has 0 fully saturated rings. The highest BCUT2D eigenvalue weighted by atomic mass is 32.1. The highest BCUT2D eigenvalue weighted by Crippen LogP contribution is 2.30. The number of nitrogens with zero attached hydrogens (tertiary/aromatic N) is 4. The van der Waals surface area contributed by atoms with Gasteiger partial charge in [0.05, 0.1) is 11.9 Å². The molecule has 4 rings (SSSR count). The Morgan fingerprint density at radius 3 is 2.61 bits per heavy atom. The van der Waals surface area contributed by atoms with Gasteiger partial charge in [0.1, 0.15) is 17.8 Å². The molecule has 0 spiro atoms. The number of carbonyl (C=O) groups is 1. The van der Waals surface area contributed by atoms with Crippen molar-refractivity contribution in [3.8, 4) is 11.3 Å². The van der Waals surface area contributed by atoms with Crippen LogP contribution in [0.5, 0.6) is 0 Å². The molecule has 8 nitrogen and oxygen atoms in total. The minimum absolute atomic E-state index is 0.340. The zero-order valence-corrected chi connectivity index (χ0v) is 17.7. The number of nitrogens with one attached hydrogen (secondary N) is 1. The van der Waals surface area contributed by atoms with Gasteiger partial charge in [0.25, 0.3) is 0 Å². The molecule has 4 aromatic rings. The summed E-state index contributed by atoms with van der Waals surface area (Å²) in [7, 11) is 0. The number of primary amides is 1. The molecule has 2 heterocycles. The Kier molecular flexibility index (Phi) is 7.23. The third kappa shape index (κ3) is 5.20. The first-order valence-corrected chi connectivity index (χ1v) is 9.98. The number of hydrogen-bond acceptors (Lipinski definition) is 7. The summed E-state index contributed by atoms with van der Waals surface area (Å²) in [5, 5.41) is 10.1. The average molecular weight is 434 g/mol. The molecule has 9 heteroatoms. The average Bonchev–Trinajstić information content (AvgIpc) is 3.15. The van der Waals surface area contributed by atoms with Crippen LogP contribution in [0, 0.1) is 0 Å². The molecule has 5 N–H and O–H groups in total. The normalized spacial score (nSPS) is 10.2. The van der Waals surface area contributed by atoms with Crippen LogP contribution in [0.2, 0.25) is 0 Å². The van der Waals surface area contributed by atoms with Gasteiger partial charge in [-0.3, -0.25) is 4.79 Å². The van der Waals surface area contributed by atoms with E-state index >= 15 is 0 Å². The van der Waals surface area contributed by atoms with Crippen molar-refractivity contribution < 1.29 is 4.79 Å². The molecule has 31 heavy (non-hydrogen) atoms. The number of thiol groups is 1. The number of nitrogen functional groups attached to an aromatic ring is 1. The maximum Gasteiger partial charge on any atom is 0.248 e. The molecule has 0 saturated heterocycles. The van der Waals surface area contributed by atoms with E-state index in [-0.39, 0.29) is 0 Å². The second-order valence-electron chi connectivity index (χ2n) is 6.45. The minimum atomic E-state index is -0.498. The Bertz CT molecular complexity index is 1190. The lowest BCUT2D eigenvalue weighted by Gasteiger charge is -2.06. The number of anilines is 2. The quantitative estimate of drug-likeness (QED) is 0.346. The summed E-state index contributed by atoms with van der Waals surface area (Å²) in [6.07, 6.45) is 1.42. The first kappa shape index (κ1) is 21.8. The van der Waals surface area contributed by atoms with Gasteiger partial charge in [0.2, 0.25) is 5.91 Å². The number of hydrogen-bond donors (Lipinski definition) is 4. The zero-order valence-electron chi connectivity index (χ0n) is 16.8.